The molecule has 2 rings (SSSR count). The van der Waals surface area contributed by atoms with Gasteiger partial charge >= 0.3 is 6.09 Å². The van der Waals surface area contributed by atoms with E-state index in [1.165, 1.54) is 9.80 Å². The fourth-order valence-corrected chi connectivity index (χ4v) is 3.54. The van der Waals surface area contributed by atoms with Gasteiger partial charge in [-0.25, -0.2) is 4.79 Å². The van der Waals surface area contributed by atoms with Gasteiger partial charge in [0, 0.05) is 23.8 Å². The van der Waals surface area contributed by atoms with E-state index in [2.05, 4.69) is 21.2 Å². The lowest BCUT2D eigenvalue weighted by Gasteiger charge is -2.30. The lowest BCUT2D eigenvalue weighted by molar-refractivity contribution is -0.137. The second kappa shape index (κ2) is 8.94. The maximum atomic E-state index is 12.8. The summed E-state index contributed by atoms with van der Waals surface area (Å²) in [5, 5.41) is 2.82. The molecule has 1 saturated heterocycles. The number of nitrogens with zero attached hydrogens (tertiary/aromatic N) is 2. The van der Waals surface area contributed by atoms with Gasteiger partial charge < -0.3 is 15.0 Å². The van der Waals surface area contributed by atoms with Crippen LogP contribution in [0.15, 0.2) is 22.7 Å². The third kappa shape index (κ3) is 5.95. The molecule has 1 aliphatic heterocycles. The zero-order valence-corrected chi connectivity index (χ0v) is 18.6. The number of amides is 3. The maximum Gasteiger partial charge on any atom is 0.410 e. The summed E-state index contributed by atoms with van der Waals surface area (Å²) in [7, 11) is 1.57. The first kappa shape index (κ1) is 22.2. The summed E-state index contributed by atoms with van der Waals surface area (Å²) in [6.07, 6.45) is 0.801. The van der Waals surface area contributed by atoms with Crippen molar-refractivity contribution in [1.29, 1.82) is 0 Å². The van der Waals surface area contributed by atoms with E-state index in [9.17, 15) is 14.4 Å². The molecule has 154 valence electrons. The van der Waals surface area contributed by atoms with Crippen molar-refractivity contribution in [3.8, 4) is 0 Å². The number of hydrogen-bond donors (Lipinski definition) is 1. The molecule has 0 aliphatic carbocycles. The lowest BCUT2D eigenvalue weighted by Crippen LogP contribution is -2.49. The van der Waals surface area contributed by atoms with Crippen LogP contribution in [0, 0.1) is 6.92 Å². The molecule has 1 aromatic rings. The van der Waals surface area contributed by atoms with Crippen molar-refractivity contribution < 1.29 is 19.1 Å². The Bertz CT molecular complexity index is 760. The van der Waals surface area contributed by atoms with Crippen LogP contribution in [0.1, 0.15) is 39.2 Å². The predicted molar refractivity (Wildman–Crippen MR) is 111 cm³/mol. The van der Waals surface area contributed by atoms with E-state index in [0.29, 0.717) is 18.7 Å². The van der Waals surface area contributed by atoms with Gasteiger partial charge in [0.2, 0.25) is 11.8 Å². The van der Waals surface area contributed by atoms with Crippen LogP contribution in [0.3, 0.4) is 0 Å². The highest BCUT2D eigenvalue weighted by molar-refractivity contribution is 9.10. The highest BCUT2D eigenvalue weighted by atomic mass is 79.9. The molecule has 0 saturated carbocycles. The van der Waals surface area contributed by atoms with Crippen LogP contribution in [0.25, 0.3) is 0 Å². The van der Waals surface area contributed by atoms with Gasteiger partial charge in [0.1, 0.15) is 11.6 Å². The summed E-state index contributed by atoms with van der Waals surface area (Å²) in [4.78, 5) is 40.4. The molecule has 0 unspecified atom stereocenters. The van der Waals surface area contributed by atoms with Crippen LogP contribution in [0.2, 0.25) is 0 Å². The Hall–Kier alpha value is -2.09. The third-order valence-corrected chi connectivity index (χ3v) is 4.88. The number of carbonyl (C=O) groups is 3. The van der Waals surface area contributed by atoms with Crippen molar-refractivity contribution in [1.82, 2.24) is 9.80 Å². The van der Waals surface area contributed by atoms with Crippen LogP contribution in [0.4, 0.5) is 10.5 Å². The highest BCUT2D eigenvalue weighted by Crippen LogP contribution is 2.23. The number of likely N-dealkylation sites (tertiary alicyclic amines) is 1. The molecule has 28 heavy (non-hydrogen) atoms. The average Bonchev–Trinajstić information content (AvgIpc) is 3.04. The van der Waals surface area contributed by atoms with Crippen molar-refractivity contribution in [2.24, 2.45) is 0 Å². The van der Waals surface area contributed by atoms with Crippen molar-refractivity contribution in [3.63, 3.8) is 0 Å². The van der Waals surface area contributed by atoms with Crippen molar-refractivity contribution in [2.45, 2.75) is 52.2 Å². The van der Waals surface area contributed by atoms with E-state index >= 15 is 0 Å². The van der Waals surface area contributed by atoms with E-state index in [4.69, 9.17) is 4.74 Å². The molecule has 0 bridgehead atoms. The van der Waals surface area contributed by atoms with E-state index in [1.807, 2.05) is 19.1 Å². The van der Waals surface area contributed by atoms with Crippen molar-refractivity contribution in [3.05, 3.63) is 28.2 Å². The second-order valence-corrected chi connectivity index (χ2v) is 8.95. The number of benzene rings is 1. The summed E-state index contributed by atoms with van der Waals surface area (Å²) in [6.45, 7) is 7.65. The molecule has 1 aliphatic rings. The van der Waals surface area contributed by atoms with Crippen LogP contribution >= 0.6 is 15.9 Å². The minimum absolute atomic E-state index is 0.0903. The minimum atomic E-state index is -0.623. The molecule has 1 fully saturated rings. The molecule has 8 heteroatoms. The van der Waals surface area contributed by atoms with E-state index < -0.39 is 17.7 Å². The van der Waals surface area contributed by atoms with Gasteiger partial charge in [-0.05, 0) is 64.3 Å². The summed E-state index contributed by atoms with van der Waals surface area (Å²) in [5.74, 6) is -0.547. The predicted octanol–water partition coefficient (Wildman–Crippen LogP) is 3.55. The van der Waals surface area contributed by atoms with E-state index in [1.54, 1.807) is 33.9 Å². The van der Waals surface area contributed by atoms with Gasteiger partial charge in [-0.3, -0.25) is 14.5 Å². The molecule has 0 spiro atoms. The van der Waals surface area contributed by atoms with Crippen molar-refractivity contribution in [2.75, 3.05) is 25.5 Å². The molecule has 0 radical (unpaired) electrons. The summed E-state index contributed by atoms with van der Waals surface area (Å²) in [5.41, 5.74) is 0.996. The number of nitrogens with one attached hydrogen (secondary N) is 1. The van der Waals surface area contributed by atoms with Crippen molar-refractivity contribution >= 4 is 39.5 Å². The zero-order chi connectivity index (χ0) is 21.1. The molecule has 7 nitrogen and oxygen atoms in total. The Morgan fingerprint density at radius 3 is 2.61 bits per heavy atom. The van der Waals surface area contributed by atoms with Gasteiger partial charge in [0.15, 0.2) is 0 Å². The molecule has 1 heterocycles. The standard InChI is InChI=1S/C20H28BrN3O4/c1-13-11-14(21)8-9-15(13)22-17(25)12-23(5)18(26)16-7-6-10-24(16)19(27)28-20(2,3)4/h8-9,11,16H,6-7,10,12H2,1-5H3,(H,22,25)/t16-/m0/s1. The first-order valence-corrected chi connectivity index (χ1v) is 10.1. The Kier molecular flexibility index (Phi) is 7.09. The third-order valence-electron chi connectivity index (χ3n) is 4.39. The fourth-order valence-electron chi connectivity index (χ4n) is 3.07. The monoisotopic (exact) mass is 453 g/mol. The SMILES string of the molecule is Cc1cc(Br)ccc1NC(=O)CN(C)C(=O)[C@@H]1CCCN1C(=O)OC(C)(C)C. The Morgan fingerprint density at radius 2 is 2.00 bits per heavy atom. The maximum absolute atomic E-state index is 12.8. The van der Waals surface area contributed by atoms with Gasteiger partial charge in [0.25, 0.3) is 0 Å². The van der Waals surface area contributed by atoms with Gasteiger partial charge in [-0.15, -0.1) is 0 Å². The van der Waals surface area contributed by atoms with Gasteiger partial charge in [-0.1, -0.05) is 15.9 Å². The molecule has 1 N–H and O–H groups in total. The minimum Gasteiger partial charge on any atom is -0.444 e. The quantitative estimate of drug-likeness (QED) is 0.755. The molecule has 1 aromatic carbocycles. The average molecular weight is 454 g/mol. The van der Waals surface area contributed by atoms with Crippen LogP contribution < -0.4 is 5.32 Å². The zero-order valence-electron chi connectivity index (χ0n) is 17.0. The molecule has 1 atom stereocenters. The molecule has 0 aromatic heterocycles. The fraction of sp³-hybridized carbons (Fsp3) is 0.550. The Labute approximate surface area is 174 Å². The summed E-state index contributed by atoms with van der Waals surface area (Å²) >= 11 is 3.39. The number of aryl methyl sites for hydroxylation is 1. The number of halogens is 1. The normalized spacial score (nSPS) is 16.6. The highest BCUT2D eigenvalue weighted by Gasteiger charge is 2.38. The Balaban J connectivity index is 1.97. The molecule has 3 amide bonds. The van der Waals surface area contributed by atoms with Gasteiger partial charge in [-0.2, -0.15) is 0 Å². The van der Waals surface area contributed by atoms with E-state index in [0.717, 1.165) is 16.5 Å². The first-order valence-electron chi connectivity index (χ1n) is 9.28. The largest absolute Gasteiger partial charge is 0.444 e. The Morgan fingerprint density at radius 1 is 1.32 bits per heavy atom. The molecular formula is C20H28BrN3O4. The smallest absolute Gasteiger partial charge is 0.410 e. The summed E-state index contributed by atoms with van der Waals surface area (Å²) < 4.78 is 6.33. The second-order valence-electron chi connectivity index (χ2n) is 8.03. The van der Waals surface area contributed by atoms with Crippen LogP contribution in [-0.4, -0.2) is 59.5 Å². The molecular weight excluding hydrogens is 426 g/mol. The first-order chi connectivity index (χ1) is 13.0. The number of rotatable bonds is 4. The lowest BCUT2D eigenvalue weighted by atomic mass is 10.2. The number of hydrogen-bond acceptors (Lipinski definition) is 4. The number of likely N-dealkylation sites (N-methyl/N-ethyl adjacent to an activating group) is 1. The summed E-state index contributed by atoms with van der Waals surface area (Å²) in [6, 6.07) is 4.96. The van der Waals surface area contributed by atoms with Crippen LogP contribution in [0.5, 0.6) is 0 Å². The van der Waals surface area contributed by atoms with Gasteiger partial charge in [0.05, 0.1) is 6.54 Å². The number of carbonyl (C=O) groups excluding carboxylic acids is 3. The van der Waals surface area contributed by atoms with Crippen LogP contribution in [-0.2, 0) is 14.3 Å². The topological polar surface area (TPSA) is 79.0 Å². The van der Waals surface area contributed by atoms with E-state index in [-0.39, 0.29) is 18.4 Å². The number of anilines is 1. The number of ether oxygens (including phenoxy) is 1.